The highest BCUT2D eigenvalue weighted by molar-refractivity contribution is 5.22. The maximum atomic E-state index is 6.34. The van der Waals surface area contributed by atoms with Gasteiger partial charge in [0.1, 0.15) is 0 Å². The highest BCUT2D eigenvalue weighted by Crippen LogP contribution is 2.25. The molecular weight excluding hydrogens is 222 g/mol. The highest BCUT2D eigenvalue weighted by atomic mass is 16.5. The van der Waals surface area contributed by atoms with Crippen LogP contribution >= 0.6 is 0 Å². The number of hydrogen-bond donors (Lipinski definition) is 1. The normalized spacial score (nSPS) is 15.4. The van der Waals surface area contributed by atoms with Gasteiger partial charge in [0.15, 0.2) is 0 Å². The van der Waals surface area contributed by atoms with E-state index in [0.29, 0.717) is 6.61 Å². The van der Waals surface area contributed by atoms with Gasteiger partial charge in [-0.05, 0) is 31.2 Å². The molecule has 2 N–H and O–H groups in total. The molecule has 0 bridgehead atoms. The van der Waals surface area contributed by atoms with E-state index in [9.17, 15) is 0 Å². The van der Waals surface area contributed by atoms with Crippen molar-refractivity contribution in [3.63, 3.8) is 0 Å². The molecular formula is C16H27NO. The predicted octanol–water partition coefficient (Wildman–Crippen LogP) is 3.32. The van der Waals surface area contributed by atoms with Crippen LogP contribution in [-0.2, 0) is 11.2 Å². The standard InChI is InChI=1S/C16H27NO/c1-6-18-15(16(3,4)5)14(17)11-13-9-7-12(2)8-10-13/h7-10,14-15H,6,11,17H2,1-5H3. The first kappa shape index (κ1) is 15.2. The third-order valence-electron chi connectivity index (χ3n) is 3.18. The number of rotatable bonds is 5. The summed E-state index contributed by atoms with van der Waals surface area (Å²) in [5, 5.41) is 0. The van der Waals surface area contributed by atoms with Gasteiger partial charge in [0.2, 0.25) is 0 Å². The SMILES string of the molecule is CCOC(C(N)Cc1ccc(C)cc1)C(C)(C)C. The van der Waals surface area contributed by atoms with Gasteiger partial charge in [-0.1, -0.05) is 50.6 Å². The summed E-state index contributed by atoms with van der Waals surface area (Å²) in [5.41, 5.74) is 8.97. The van der Waals surface area contributed by atoms with Gasteiger partial charge in [0.05, 0.1) is 6.10 Å². The van der Waals surface area contributed by atoms with Crippen LogP contribution < -0.4 is 5.73 Å². The minimum Gasteiger partial charge on any atom is -0.376 e. The Morgan fingerprint density at radius 2 is 1.72 bits per heavy atom. The second-order valence-electron chi connectivity index (χ2n) is 6.10. The van der Waals surface area contributed by atoms with Gasteiger partial charge in [-0.15, -0.1) is 0 Å². The minimum absolute atomic E-state index is 0.0349. The molecule has 1 rings (SSSR count). The Labute approximate surface area is 112 Å². The van der Waals surface area contributed by atoms with E-state index in [2.05, 4.69) is 52.0 Å². The maximum Gasteiger partial charge on any atom is 0.0777 e. The summed E-state index contributed by atoms with van der Waals surface area (Å²) in [6.07, 6.45) is 0.950. The van der Waals surface area contributed by atoms with Crippen molar-refractivity contribution in [2.75, 3.05) is 6.61 Å². The Morgan fingerprint density at radius 1 is 1.17 bits per heavy atom. The lowest BCUT2D eigenvalue weighted by Crippen LogP contribution is -2.46. The first-order valence-corrected chi connectivity index (χ1v) is 6.77. The van der Waals surface area contributed by atoms with Gasteiger partial charge in [0.25, 0.3) is 0 Å². The van der Waals surface area contributed by atoms with E-state index < -0.39 is 0 Å². The van der Waals surface area contributed by atoms with Crippen molar-refractivity contribution in [1.29, 1.82) is 0 Å². The number of aryl methyl sites for hydroxylation is 1. The van der Waals surface area contributed by atoms with Gasteiger partial charge in [-0.2, -0.15) is 0 Å². The lowest BCUT2D eigenvalue weighted by molar-refractivity contribution is -0.0274. The molecule has 0 heterocycles. The molecule has 0 amide bonds. The summed E-state index contributed by atoms with van der Waals surface area (Å²) in [6.45, 7) is 11.4. The van der Waals surface area contributed by atoms with Gasteiger partial charge in [0, 0.05) is 12.6 Å². The van der Waals surface area contributed by atoms with E-state index in [4.69, 9.17) is 10.5 Å². The Bertz CT molecular complexity index is 350. The Hall–Kier alpha value is -0.860. The van der Waals surface area contributed by atoms with E-state index >= 15 is 0 Å². The molecule has 1 aromatic rings. The molecule has 0 fully saturated rings. The largest absolute Gasteiger partial charge is 0.376 e. The van der Waals surface area contributed by atoms with Crippen molar-refractivity contribution in [1.82, 2.24) is 0 Å². The fraction of sp³-hybridized carbons (Fsp3) is 0.625. The third-order valence-corrected chi connectivity index (χ3v) is 3.18. The first-order valence-electron chi connectivity index (χ1n) is 6.77. The quantitative estimate of drug-likeness (QED) is 0.869. The molecule has 0 aliphatic rings. The summed E-state index contributed by atoms with van der Waals surface area (Å²) in [4.78, 5) is 0. The summed E-state index contributed by atoms with van der Waals surface area (Å²) >= 11 is 0. The number of nitrogens with two attached hydrogens (primary N) is 1. The van der Waals surface area contributed by atoms with Crippen molar-refractivity contribution in [2.24, 2.45) is 11.1 Å². The first-order chi connectivity index (χ1) is 8.34. The topological polar surface area (TPSA) is 35.2 Å². The van der Waals surface area contributed by atoms with Crippen LogP contribution in [0.25, 0.3) is 0 Å². The monoisotopic (exact) mass is 249 g/mol. The highest BCUT2D eigenvalue weighted by Gasteiger charge is 2.30. The number of benzene rings is 1. The molecule has 2 heteroatoms. The number of ether oxygens (including phenoxy) is 1. The zero-order valence-corrected chi connectivity index (χ0v) is 12.4. The van der Waals surface area contributed by atoms with Gasteiger partial charge < -0.3 is 10.5 Å². The molecule has 2 atom stereocenters. The lowest BCUT2D eigenvalue weighted by Gasteiger charge is -2.35. The lowest BCUT2D eigenvalue weighted by atomic mass is 9.82. The molecule has 0 radical (unpaired) electrons. The Balaban J connectivity index is 2.72. The Kier molecular flexibility index (Phi) is 5.36. The van der Waals surface area contributed by atoms with Crippen LogP contribution in [0.3, 0.4) is 0 Å². The predicted molar refractivity (Wildman–Crippen MR) is 77.7 cm³/mol. The van der Waals surface area contributed by atoms with Crippen LogP contribution in [0.2, 0.25) is 0 Å². The average Bonchev–Trinajstić information content (AvgIpc) is 2.27. The average molecular weight is 249 g/mol. The van der Waals surface area contributed by atoms with Crippen LogP contribution in [0.4, 0.5) is 0 Å². The fourth-order valence-corrected chi connectivity index (χ4v) is 2.30. The van der Waals surface area contributed by atoms with E-state index in [1.165, 1.54) is 11.1 Å². The molecule has 0 saturated heterocycles. The maximum absolute atomic E-state index is 6.34. The summed E-state index contributed by atoms with van der Waals surface area (Å²) in [6, 6.07) is 8.61. The summed E-state index contributed by atoms with van der Waals surface area (Å²) in [5.74, 6) is 0. The van der Waals surface area contributed by atoms with E-state index in [1.54, 1.807) is 0 Å². The molecule has 0 aromatic heterocycles. The van der Waals surface area contributed by atoms with Crippen LogP contribution in [-0.4, -0.2) is 18.8 Å². The van der Waals surface area contributed by atoms with Crippen LogP contribution in [0.1, 0.15) is 38.8 Å². The smallest absolute Gasteiger partial charge is 0.0777 e. The van der Waals surface area contributed by atoms with E-state index in [1.807, 2.05) is 6.92 Å². The summed E-state index contributed by atoms with van der Waals surface area (Å²) in [7, 11) is 0. The zero-order valence-electron chi connectivity index (χ0n) is 12.4. The zero-order chi connectivity index (χ0) is 13.8. The number of hydrogen-bond acceptors (Lipinski definition) is 2. The molecule has 1 aromatic carbocycles. The van der Waals surface area contributed by atoms with Crippen molar-refractivity contribution >= 4 is 0 Å². The molecule has 0 aliphatic heterocycles. The van der Waals surface area contributed by atoms with Crippen molar-refractivity contribution in [2.45, 2.75) is 53.2 Å². The second kappa shape index (κ2) is 6.35. The molecule has 0 spiro atoms. The third kappa shape index (κ3) is 4.43. The molecule has 2 unspecified atom stereocenters. The van der Waals surface area contributed by atoms with Crippen molar-refractivity contribution in [3.05, 3.63) is 35.4 Å². The molecule has 2 nitrogen and oxygen atoms in total. The van der Waals surface area contributed by atoms with Crippen molar-refractivity contribution in [3.8, 4) is 0 Å². The van der Waals surface area contributed by atoms with Crippen LogP contribution in [0.5, 0.6) is 0 Å². The molecule has 102 valence electrons. The minimum atomic E-state index is 0.0349. The molecule has 0 aliphatic carbocycles. The van der Waals surface area contributed by atoms with E-state index in [0.717, 1.165) is 6.42 Å². The van der Waals surface area contributed by atoms with Crippen LogP contribution in [0.15, 0.2) is 24.3 Å². The molecule has 18 heavy (non-hydrogen) atoms. The van der Waals surface area contributed by atoms with E-state index in [-0.39, 0.29) is 17.6 Å². The fourth-order valence-electron chi connectivity index (χ4n) is 2.30. The van der Waals surface area contributed by atoms with Gasteiger partial charge in [-0.3, -0.25) is 0 Å². The van der Waals surface area contributed by atoms with Gasteiger partial charge >= 0.3 is 0 Å². The van der Waals surface area contributed by atoms with Crippen LogP contribution in [0, 0.1) is 12.3 Å². The second-order valence-corrected chi connectivity index (χ2v) is 6.10. The molecule has 0 saturated carbocycles. The van der Waals surface area contributed by atoms with Gasteiger partial charge in [-0.25, -0.2) is 0 Å². The summed E-state index contributed by atoms with van der Waals surface area (Å²) < 4.78 is 5.84. The Morgan fingerprint density at radius 3 is 2.17 bits per heavy atom. The van der Waals surface area contributed by atoms with Crippen molar-refractivity contribution < 1.29 is 4.74 Å².